The second-order valence-corrected chi connectivity index (χ2v) is 6.65. The van der Waals surface area contributed by atoms with Gasteiger partial charge in [-0.05, 0) is 29.8 Å². The number of nitrogens with one attached hydrogen (secondary N) is 3. The Morgan fingerprint density at radius 3 is 2.45 bits per heavy atom. The zero-order chi connectivity index (χ0) is 21.6. The number of ether oxygens (including phenoxy) is 3. The van der Waals surface area contributed by atoms with Gasteiger partial charge >= 0.3 is 5.97 Å². The van der Waals surface area contributed by atoms with Crippen LogP contribution in [0.25, 0.3) is 0 Å². The van der Waals surface area contributed by atoms with Crippen molar-refractivity contribution in [3.63, 3.8) is 0 Å². The highest BCUT2D eigenvalue weighted by Gasteiger charge is 2.11. The highest BCUT2D eigenvalue weighted by molar-refractivity contribution is 7.80. The van der Waals surface area contributed by atoms with Gasteiger partial charge in [-0.2, -0.15) is 0 Å². The Labute approximate surface area is 175 Å². The minimum Gasteiger partial charge on any atom is -0.483 e. The van der Waals surface area contributed by atoms with E-state index in [0.717, 1.165) is 5.56 Å². The second-order valence-electron chi connectivity index (χ2n) is 6.24. The third-order valence-corrected chi connectivity index (χ3v) is 3.78. The smallest absolute Gasteiger partial charge is 0.306 e. The molecule has 0 aliphatic carbocycles. The molecule has 0 spiro atoms. The minimum atomic E-state index is -0.511. The van der Waals surface area contributed by atoms with Crippen LogP contribution in [0.3, 0.4) is 0 Å². The molecule has 1 aromatic carbocycles. The molecule has 0 heterocycles. The summed E-state index contributed by atoms with van der Waals surface area (Å²) in [5.41, 5.74) is 5.73. The number of hydrogen-bond acceptors (Lipinski definition) is 7. The number of rotatable bonds is 10. The average molecular weight is 426 g/mol. The first-order valence-electron chi connectivity index (χ1n) is 9.08. The molecule has 29 heavy (non-hydrogen) atoms. The summed E-state index contributed by atoms with van der Waals surface area (Å²) < 4.78 is 15.1. The monoisotopic (exact) mass is 425 g/mol. The van der Waals surface area contributed by atoms with Gasteiger partial charge in [-0.1, -0.05) is 32.0 Å². The van der Waals surface area contributed by atoms with Crippen LogP contribution >= 0.6 is 12.2 Å². The van der Waals surface area contributed by atoms with Crippen molar-refractivity contribution in [3.8, 4) is 5.75 Å². The van der Waals surface area contributed by atoms with Crippen LogP contribution in [0.1, 0.15) is 38.2 Å². The third-order valence-electron chi connectivity index (χ3n) is 3.57. The lowest BCUT2D eigenvalue weighted by atomic mass is 10.0. The lowest BCUT2D eigenvalue weighted by Gasteiger charge is -2.14. The molecule has 0 unspecified atom stereocenters. The number of benzene rings is 1. The summed E-state index contributed by atoms with van der Waals surface area (Å²) in [5.74, 6) is -0.578. The van der Waals surface area contributed by atoms with Crippen molar-refractivity contribution >= 4 is 35.1 Å². The molecule has 0 atom stereocenters. The number of para-hydroxylation sites is 1. The number of amides is 2. The van der Waals surface area contributed by atoms with Gasteiger partial charge in [0.05, 0.1) is 13.0 Å². The van der Waals surface area contributed by atoms with Gasteiger partial charge in [0.2, 0.25) is 5.91 Å². The molecular formula is C19H27N3O6S. The van der Waals surface area contributed by atoms with Crippen LogP contribution in [0.5, 0.6) is 5.75 Å². The number of thiocarbonyl (C=S) groups is 1. The molecule has 0 aliphatic rings. The van der Waals surface area contributed by atoms with E-state index >= 15 is 0 Å². The first-order valence-corrected chi connectivity index (χ1v) is 9.49. The van der Waals surface area contributed by atoms with E-state index in [4.69, 9.17) is 26.4 Å². The van der Waals surface area contributed by atoms with Gasteiger partial charge in [0.25, 0.3) is 5.91 Å². The minimum absolute atomic E-state index is 0.0897. The molecule has 3 N–H and O–H groups in total. The zero-order valence-corrected chi connectivity index (χ0v) is 17.6. The maximum atomic E-state index is 11.9. The Morgan fingerprint density at radius 2 is 1.76 bits per heavy atom. The van der Waals surface area contributed by atoms with E-state index in [9.17, 15) is 14.4 Å². The van der Waals surface area contributed by atoms with E-state index in [1.54, 1.807) is 6.07 Å². The van der Waals surface area contributed by atoms with Gasteiger partial charge in [-0.3, -0.25) is 25.2 Å². The summed E-state index contributed by atoms with van der Waals surface area (Å²) in [6.07, 6.45) is -0.190. The number of carbonyl (C=O) groups excluding carboxylic acids is 3. The summed E-state index contributed by atoms with van der Waals surface area (Å²) in [5, 5.41) is 2.25. The first kappa shape index (κ1) is 24.3. The van der Waals surface area contributed by atoms with Crippen molar-refractivity contribution in [2.24, 2.45) is 0 Å². The predicted octanol–water partition coefficient (Wildman–Crippen LogP) is 1.18. The Balaban J connectivity index is 2.26. The van der Waals surface area contributed by atoms with Crippen molar-refractivity contribution in [1.82, 2.24) is 16.2 Å². The number of carbonyl (C=O) groups is 3. The summed E-state index contributed by atoms with van der Waals surface area (Å²) in [7, 11) is 1.49. The normalized spacial score (nSPS) is 10.2. The van der Waals surface area contributed by atoms with E-state index in [1.165, 1.54) is 7.11 Å². The largest absolute Gasteiger partial charge is 0.483 e. The average Bonchev–Trinajstić information content (AvgIpc) is 2.69. The van der Waals surface area contributed by atoms with E-state index < -0.39 is 17.8 Å². The molecule has 160 valence electrons. The van der Waals surface area contributed by atoms with Gasteiger partial charge in [0, 0.05) is 13.5 Å². The first-order chi connectivity index (χ1) is 13.8. The van der Waals surface area contributed by atoms with E-state index in [2.05, 4.69) is 16.2 Å². The van der Waals surface area contributed by atoms with Crippen LogP contribution < -0.4 is 20.9 Å². The summed E-state index contributed by atoms with van der Waals surface area (Å²) in [4.78, 5) is 35.0. The van der Waals surface area contributed by atoms with Gasteiger partial charge in [0.1, 0.15) is 12.4 Å². The molecule has 0 aromatic heterocycles. The molecule has 0 aliphatic heterocycles. The van der Waals surface area contributed by atoms with Gasteiger partial charge in [-0.25, -0.2) is 0 Å². The summed E-state index contributed by atoms with van der Waals surface area (Å²) in [6.45, 7) is 4.26. The van der Waals surface area contributed by atoms with Gasteiger partial charge < -0.3 is 19.5 Å². The molecule has 10 heteroatoms. The van der Waals surface area contributed by atoms with Crippen LogP contribution in [0.2, 0.25) is 0 Å². The predicted molar refractivity (Wildman–Crippen MR) is 110 cm³/mol. The van der Waals surface area contributed by atoms with Crippen LogP contribution in [0.15, 0.2) is 24.3 Å². The van der Waals surface area contributed by atoms with E-state index in [-0.39, 0.29) is 37.1 Å². The van der Waals surface area contributed by atoms with Gasteiger partial charge in [-0.15, -0.1) is 0 Å². The standard InChI is InChI=1S/C19H27N3O6S/c1-13(2)14-6-4-5-7-15(14)28-12-17(24)21-22-19(29)20-16(23)8-9-18(25)27-11-10-26-3/h4-7,13H,8-12H2,1-3H3,(H,21,24)(H2,20,22,23,29). The van der Waals surface area contributed by atoms with Crippen LogP contribution in [-0.2, 0) is 23.9 Å². The lowest BCUT2D eigenvalue weighted by molar-refractivity contribution is -0.146. The molecule has 1 aromatic rings. The second kappa shape index (κ2) is 13.5. The topological polar surface area (TPSA) is 115 Å². The fraction of sp³-hybridized carbons (Fsp3) is 0.474. The number of esters is 1. The molecule has 0 fully saturated rings. The maximum absolute atomic E-state index is 11.9. The maximum Gasteiger partial charge on any atom is 0.306 e. The molecule has 0 bridgehead atoms. The molecule has 2 amide bonds. The van der Waals surface area contributed by atoms with Crippen molar-refractivity contribution < 1.29 is 28.6 Å². The van der Waals surface area contributed by atoms with E-state index in [0.29, 0.717) is 12.4 Å². The molecule has 9 nitrogen and oxygen atoms in total. The molecule has 1 rings (SSSR count). The number of hydrogen-bond donors (Lipinski definition) is 3. The highest BCUT2D eigenvalue weighted by atomic mass is 32.1. The highest BCUT2D eigenvalue weighted by Crippen LogP contribution is 2.25. The third kappa shape index (κ3) is 10.4. The lowest BCUT2D eigenvalue weighted by Crippen LogP contribution is -2.49. The Morgan fingerprint density at radius 1 is 1.03 bits per heavy atom. The van der Waals surface area contributed by atoms with Gasteiger partial charge in [0.15, 0.2) is 11.7 Å². The van der Waals surface area contributed by atoms with Crippen molar-refractivity contribution in [3.05, 3.63) is 29.8 Å². The molecule has 0 saturated heterocycles. The quantitative estimate of drug-likeness (QED) is 0.222. The Bertz CT molecular complexity index is 711. The zero-order valence-electron chi connectivity index (χ0n) is 16.8. The molecule has 0 saturated carbocycles. The van der Waals surface area contributed by atoms with Crippen LogP contribution in [-0.4, -0.2) is 49.8 Å². The fourth-order valence-corrected chi connectivity index (χ4v) is 2.31. The summed E-state index contributed by atoms with van der Waals surface area (Å²) in [6, 6.07) is 7.47. The number of methoxy groups -OCH3 is 1. The molecule has 0 radical (unpaired) electrons. The SMILES string of the molecule is COCCOC(=O)CCC(=O)NC(=S)NNC(=O)COc1ccccc1C(C)C. The van der Waals surface area contributed by atoms with Crippen molar-refractivity contribution in [2.75, 3.05) is 26.9 Å². The Hall–Kier alpha value is -2.72. The molecular weight excluding hydrogens is 398 g/mol. The van der Waals surface area contributed by atoms with Crippen molar-refractivity contribution in [2.45, 2.75) is 32.6 Å². The van der Waals surface area contributed by atoms with Crippen molar-refractivity contribution in [1.29, 1.82) is 0 Å². The summed E-state index contributed by atoms with van der Waals surface area (Å²) >= 11 is 4.92. The van der Waals surface area contributed by atoms with Crippen LogP contribution in [0.4, 0.5) is 0 Å². The van der Waals surface area contributed by atoms with Crippen LogP contribution in [0, 0.1) is 0 Å². The number of hydrazine groups is 1. The fourth-order valence-electron chi connectivity index (χ4n) is 2.14. The van der Waals surface area contributed by atoms with E-state index in [1.807, 2.05) is 32.0 Å². The Kier molecular flexibility index (Phi) is 11.3.